The van der Waals surface area contributed by atoms with E-state index in [9.17, 15) is 5.11 Å². The molecule has 1 unspecified atom stereocenters. The summed E-state index contributed by atoms with van der Waals surface area (Å²) in [5.74, 6) is 0. The molecule has 0 aromatic carbocycles. The molecule has 0 radical (unpaired) electrons. The second kappa shape index (κ2) is 26.9. The molecule has 0 rings (SSSR count). The number of hydrogen-bond acceptors (Lipinski definition) is 4. The molecule has 0 aromatic heterocycles. The lowest BCUT2D eigenvalue weighted by molar-refractivity contribution is -0.00366. The molecular formula is C30H59NO3. The van der Waals surface area contributed by atoms with Crippen LogP contribution in [0.5, 0.6) is 0 Å². The zero-order chi connectivity index (χ0) is 25.0. The van der Waals surface area contributed by atoms with E-state index >= 15 is 0 Å². The number of ether oxygens (including phenoxy) is 2. The molecule has 0 aliphatic carbocycles. The van der Waals surface area contributed by atoms with E-state index in [1.165, 1.54) is 96.3 Å². The number of aliphatic hydroxyl groups excluding tert-OH is 1. The average Bonchev–Trinajstić information content (AvgIpc) is 2.85. The van der Waals surface area contributed by atoms with Crippen molar-refractivity contribution >= 4 is 0 Å². The van der Waals surface area contributed by atoms with Crippen molar-refractivity contribution in [1.82, 2.24) is 0 Å². The van der Waals surface area contributed by atoms with Crippen molar-refractivity contribution in [3.63, 3.8) is 0 Å². The average molecular weight is 482 g/mol. The molecule has 0 amide bonds. The van der Waals surface area contributed by atoms with E-state index in [0.717, 1.165) is 25.9 Å². The summed E-state index contributed by atoms with van der Waals surface area (Å²) in [6.45, 7) is 6.54. The lowest BCUT2D eigenvalue weighted by Gasteiger charge is -2.26. The van der Waals surface area contributed by atoms with Crippen molar-refractivity contribution in [3.8, 4) is 0 Å². The summed E-state index contributed by atoms with van der Waals surface area (Å²) in [5, 5.41) is 9.64. The molecule has 4 nitrogen and oxygen atoms in total. The van der Waals surface area contributed by atoms with Crippen molar-refractivity contribution < 1.29 is 14.6 Å². The van der Waals surface area contributed by atoms with Crippen LogP contribution in [-0.4, -0.2) is 43.7 Å². The molecule has 0 saturated heterocycles. The summed E-state index contributed by atoms with van der Waals surface area (Å²) >= 11 is 0. The molecule has 34 heavy (non-hydrogen) atoms. The molecule has 0 spiro atoms. The Labute approximate surface area is 212 Å². The molecule has 0 aliphatic heterocycles. The predicted octanol–water partition coefficient (Wildman–Crippen LogP) is 7.88. The van der Waals surface area contributed by atoms with Crippen molar-refractivity contribution in [2.24, 2.45) is 5.73 Å². The van der Waals surface area contributed by atoms with E-state index in [2.05, 4.69) is 38.2 Å². The van der Waals surface area contributed by atoms with Crippen LogP contribution < -0.4 is 5.73 Å². The van der Waals surface area contributed by atoms with Crippen molar-refractivity contribution in [1.29, 1.82) is 0 Å². The van der Waals surface area contributed by atoms with Gasteiger partial charge in [0.25, 0.3) is 0 Å². The molecule has 0 aromatic rings. The van der Waals surface area contributed by atoms with Crippen LogP contribution in [0.15, 0.2) is 24.3 Å². The first-order chi connectivity index (χ1) is 16.7. The Bertz CT molecular complexity index is 452. The summed E-state index contributed by atoms with van der Waals surface area (Å²) < 4.78 is 11.5. The standard InChI is InChI=1S/C30H59NO3/c1-3-5-7-9-11-12-13-14-15-16-17-18-19-20-22-24-26-34-29-30(31,27-32)28-33-25-23-21-10-8-6-4-2/h11-12,14-15,32H,3-10,13,16-29,31H2,1-2H3/b12-11-,15-14-. The number of nitrogens with two attached hydrogens (primary N) is 1. The van der Waals surface area contributed by atoms with Gasteiger partial charge < -0.3 is 20.3 Å². The quantitative estimate of drug-likeness (QED) is 0.0925. The maximum absolute atomic E-state index is 9.64. The van der Waals surface area contributed by atoms with Gasteiger partial charge in [-0.3, -0.25) is 0 Å². The van der Waals surface area contributed by atoms with Crippen molar-refractivity contribution in [3.05, 3.63) is 24.3 Å². The van der Waals surface area contributed by atoms with Crippen LogP contribution in [0, 0.1) is 0 Å². The molecule has 3 N–H and O–H groups in total. The number of aliphatic hydroxyl groups is 1. The first-order valence-electron chi connectivity index (χ1n) is 14.5. The third-order valence-electron chi connectivity index (χ3n) is 6.23. The predicted molar refractivity (Wildman–Crippen MR) is 148 cm³/mol. The molecule has 0 fully saturated rings. The Balaban J connectivity index is 3.46. The minimum Gasteiger partial charge on any atom is -0.394 e. The Morgan fingerprint density at radius 2 is 1.00 bits per heavy atom. The van der Waals surface area contributed by atoms with Gasteiger partial charge in [-0.2, -0.15) is 0 Å². The molecule has 0 saturated carbocycles. The van der Waals surface area contributed by atoms with Crippen LogP contribution in [0.4, 0.5) is 0 Å². The summed E-state index contributed by atoms with van der Waals surface area (Å²) in [7, 11) is 0. The van der Waals surface area contributed by atoms with Crippen molar-refractivity contribution in [2.45, 2.75) is 135 Å². The fourth-order valence-corrected chi connectivity index (χ4v) is 3.86. The monoisotopic (exact) mass is 481 g/mol. The molecule has 1 atom stereocenters. The van der Waals surface area contributed by atoms with Crippen molar-refractivity contribution in [2.75, 3.05) is 33.0 Å². The number of hydrogen-bond donors (Lipinski definition) is 2. The van der Waals surface area contributed by atoms with Gasteiger partial charge >= 0.3 is 0 Å². The molecule has 0 aliphatic rings. The van der Waals surface area contributed by atoms with Gasteiger partial charge in [0.2, 0.25) is 0 Å². The van der Waals surface area contributed by atoms with Gasteiger partial charge in [-0.25, -0.2) is 0 Å². The number of allylic oxidation sites excluding steroid dienone is 4. The maximum atomic E-state index is 9.64. The smallest absolute Gasteiger partial charge is 0.0862 e. The molecule has 0 heterocycles. The van der Waals surface area contributed by atoms with E-state index in [1.807, 2.05) is 0 Å². The highest BCUT2D eigenvalue weighted by Gasteiger charge is 2.24. The van der Waals surface area contributed by atoms with Gasteiger partial charge in [0, 0.05) is 13.2 Å². The van der Waals surface area contributed by atoms with E-state index in [0.29, 0.717) is 19.8 Å². The van der Waals surface area contributed by atoms with E-state index in [4.69, 9.17) is 15.2 Å². The second-order valence-corrected chi connectivity index (χ2v) is 9.98. The zero-order valence-corrected chi connectivity index (χ0v) is 22.9. The van der Waals surface area contributed by atoms with Gasteiger partial charge in [0.1, 0.15) is 0 Å². The molecule has 0 bridgehead atoms. The summed E-state index contributed by atoms with van der Waals surface area (Å²) in [6.07, 6.45) is 31.7. The van der Waals surface area contributed by atoms with Gasteiger partial charge in [0.05, 0.1) is 25.4 Å². The van der Waals surface area contributed by atoms with Crippen LogP contribution in [0.1, 0.15) is 129 Å². The Morgan fingerprint density at radius 3 is 1.50 bits per heavy atom. The molecular weight excluding hydrogens is 422 g/mol. The van der Waals surface area contributed by atoms with Gasteiger partial charge in [-0.15, -0.1) is 0 Å². The van der Waals surface area contributed by atoms with E-state index < -0.39 is 5.54 Å². The maximum Gasteiger partial charge on any atom is 0.0862 e. The van der Waals surface area contributed by atoms with Gasteiger partial charge in [0.15, 0.2) is 0 Å². The lowest BCUT2D eigenvalue weighted by Crippen LogP contribution is -2.52. The third kappa shape index (κ3) is 24.4. The van der Waals surface area contributed by atoms with E-state index in [-0.39, 0.29) is 6.61 Å². The number of unbranched alkanes of at least 4 members (excludes halogenated alkanes) is 14. The van der Waals surface area contributed by atoms with Crippen LogP contribution in [-0.2, 0) is 9.47 Å². The minimum atomic E-state index is -0.777. The molecule has 202 valence electrons. The fraction of sp³-hybridized carbons (Fsp3) is 0.867. The second-order valence-electron chi connectivity index (χ2n) is 9.98. The van der Waals surface area contributed by atoms with Crippen LogP contribution in [0.3, 0.4) is 0 Å². The highest BCUT2D eigenvalue weighted by molar-refractivity contribution is 4.92. The zero-order valence-electron chi connectivity index (χ0n) is 22.9. The fourth-order valence-electron chi connectivity index (χ4n) is 3.86. The van der Waals surface area contributed by atoms with Crippen LogP contribution >= 0.6 is 0 Å². The lowest BCUT2D eigenvalue weighted by atomic mass is 10.1. The highest BCUT2D eigenvalue weighted by atomic mass is 16.5. The normalized spacial score (nSPS) is 13.9. The van der Waals surface area contributed by atoms with Gasteiger partial charge in [-0.05, 0) is 44.9 Å². The van der Waals surface area contributed by atoms with Crippen LogP contribution in [0.25, 0.3) is 0 Å². The Kier molecular flexibility index (Phi) is 26.4. The molecule has 4 heteroatoms. The van der Waals surface area contributed by atoms with E-state index in [1.54, 1.807) is 0 Å². The summed E-state index contributed by atoms with van der Waals surface area (Å²) in [5.41, 5.74) is 5.46. The first-order valence-corrected chi connectivity index (χ1v) is 14.5. The Morgan fingerprint density at radius 1 is 0.588 bits per heavy atom. The number of rotatable bonds is 27. The highest BCUT2D eigenvalue weighted by Crippen LogP contribution is 2.10. The van der Waals surface area contributed by atoms with Crippen LogP contribution in [0.2, 0.25) is 0 Å². The minimum absolute atomic E-state index is 0.104. The summed E-state index contributed by atoms with van der Waals surface area (Å²) in [4.78, 5) is 0. The first kappa shape index (κ1) is 33.3. The third-order valence-corrected chi connectivity index (χ3v) is 6.23. The SMILES string of the molecule is CCCCC/C=C\C/C=C\CCCCCCCCOCC(N)(CO)COCCCCCCCC. The largest absolute Gasteiger partial charge is 0.394 e. The Hall–Kier alpha value is -0.680. The van der Waals surface area contributed by atoms with Gasteiger partial charge in [-0.1, -0.05) is 109 Å². The topological polar surface area (TPSA) is 64.7 Å². The summed E-state index contributed by atoms with van der Waals surface area (Å²) in [6, 6.07) is 0.